The molecule has 5 heteroatoms. The smallest absolute Gasteiger partial charge is 0.213 e. The summed E-state index contributed by atoms with van der Waals surface area (Å²) in [6, 6.07) is -0.0578. The quantitative estimate of drug-likeness (QED) is 0.732. The summed E-state index contributed by atoms with van der Waals surface area (Å²) < 4.78 is 24.7. The van der Waals surface area contributed by atoms with E-state index in [0.717, 1.165) is 6.42 Å². The normalized spacial score (nSPS) is 29.0. The Labute approximate surface area is 86.5 Å². The summed E-state index contributed by atoms with van der Waals surface area (Å²) in [5.41, 5.74) is 6.00. The minimum Gasteiger partial charge on any atom is -0.326 e. The van der Waals surface area contributed by atoms with Gasteiger partial charge in [-0.15, -0.1) is 0 Å². The minimum atomic E-state index is -3.05. The molecule has 0 aliphatic carbocycles. The molecule has 1 fully saturated rings. The summed E-state index contributed by atoms with van der Waals surface area (Å²) >= 11 is 0. The van der Waals surface area contributed by atoms with Crippen molar-refractivity contribution in [1.82, 2.24) is 4.31 Å². The van der Waals surface area contributed by atoms with Gasteiger partial charge in [-0.1, -0.05) is 13.8 Å². The molecular weight excluding hydrogens is 200 g/mol. The van der Waals surface area contributed by atoms with E-state index in [0.29, 0.717) is 13.1 Å². The van der Waals surface area contributed by atoms with Crippen molar-refractivity contribution < 1.29 is 8.42 Å². The van der Waals surface area contributed by atoms with Crippen LogP contribution in [0.3, 0.4) is 0 Å². The Hall–Kier alpha value is -0.130. The van der Waals surface area contributed by atoms with Crippen LogP contribution in [0, 0.1) is 5.41 Å². The zero-order valence-electron chi connectivity index (χ0n) is 9.16. The standard InChI is InChI=1S/C9H20N2O2S/c1-4-14(12,13)11-6-5-9(2,3)8(10)7-11/h8H,4-7,10H2,1-3H3. The summed E-state index contributed by atoms with van der Waals surface area (Å²) in [6.45, 7) is 6.92. The molecule has 1 rings (SSSR count). The van der Waals surface area contributed by atoms with Crippen molar-refractivity contribution in [3.05, 3.63) is 0 Å². The van der Waals surface area contributed by atoms with Crippen molar-refractivity contribution in [2.45, 2.75) is 33.2 Å². The molecule has 0 radical (unpaired) electrons. The van der Waals surface area contributed by atoms with Gasteiger partial charge in [-0.05, 0) is 18.8 Å². The largest absolute Gasteiger partial charge is 0.326 e. The zero-order chi connectivity index (χ0) is 11.0. The van der Waals surface area contributed by atoms with Crippen LogP contribution in [0.4, 0.5) is 0 Å². The maximum absolute atomic E-state index is 11.6. The van der Waals surface area contributed by atoms with Gasteiger partial charge in [0.1, 0.15) is 0 Å². The SMILES string of the molecule is CCS(=O)(=O)N1CCC(C)(C)C(N)C1. The average Bonchev–Trinajstić information content (AvgIpc) is 2.09. The number of nitrogens with two attached hydrogens (primary N) is 1. The molecule has 2 N–H and O–H groups in total. The van der Waals surface area contributed by atoms with Crippen LogP contribution in [-0.4, -0.2) is 37.6 Å². The van der Waals surface area contributed by atoms with Crippen LogP contribution < -0.4 is 5.73 Å². The molecule has 0 spiro atoms. The Balaban J connectivity index is 2.74. The maximum atomic E-state index is 11.6. The monoisotopic (exact) mass is 220 g/mol. The van der Waals surface area contributed by atoms with Crippen LogP contribution in [0.25, 0.3) is 0 Å². The second kappa shape index (κ2) is 3.79. The summed E-state index contributed by atoms with van der Waals surface area (Å²) in [5.74, 6) is 0.167. The van der Waals surface area contributed by atoms with Gasteiger partial charge < -0.3 is 5.73 Å². The van der Waals surface area contributed by atoms with Crippen LogP contribution in [-0.2, 0) is 10.0 Å². The molecule has 0 amide bonds. The highest BCUT2D eigenvalue weighted by Gasteiger charge is 2.36. The molecule has 0 aromatic heterocycles. The molecule has 0 aromatic rings. The van der Waals surface area contributed by atoms with E-state index in [9.17, 15) is 8.42 Å². The van der Waals surface area contributed by atoms with Crippen LogP contribution in [0.15, 0.2) is 0 Å². The van der Waals surface area contributed by atoms with E-state index in [1.165, 1.54) is 4.31 Å². The molecule has 0 saturated carbocycles. The van der Waals surface area contributed by atoms with Gasteiger partial charge in [0, 0.05) is 19.1 Å². The second-order valence-electron chi connectivity index (χ2n) is 4.60. The van der Waals surface area contributed by atoms with Crippen LogP contribution in [0.5, 0.6) is 0 Å². The van der Waals surface area contributed by atoms with Gasteiger partial charge in [0.15, 0.2) is 0 Å². The van der Waals surface area contributed by atoms with Crippen molar-refractivity contribution in [3.63, 3.8) is 0 Å². The highest BCUT2D eigenvalue weighted by molar-refractivity contribution is 7.89. The molecule has 1 aliphatic rings. The van der Waals surface area contributed by atoms with Gasteiger partial charge >= 0.3 is 0 Å². The molecule has 1 aliphatic heterocycles. The Morgan fingerprint density at radius 1 is 1.50 bits per heavy atom. The number of rotatable bonds is 2. The van der Waals surface area contributed by atoms with Crippen molar-refractivity contribution in [2.75, 3.05) is 18.8 Å². The van der Waals surface area contributed by atoms with Gasteiger partial charge in [0.25, 0.3) is 0 Å². The third-order valence-corrected chi connectivity index (χ3v) is 5.02. The molecule has 84 valence electrons. The molecule has 0 aromatic carbocycles. The van der Waals surface area contributed by atoms with E-state index in [1.54, 1.807) is 6.92 Å². The zero-order valence-corrected chi connectivity index (χ0v) is 9.97. The van der Waals surface area contributed by atoms with Gasteiger partial charge in [0.2, 0.25) is 10.0 Å². The van der Waals surface area contributed by atoms with E-state index >= 15 is 0 Å². The first-order valence-electron chi connectivity index (χ1n) is 5.03. The fraction of sp³-hybridized carbons (Fsp3) is 1.00. The van der Waals surface area contributed by atoms with Gasteiger partial charge in [-0.2, -0.15) is 0 Å². The van der Waals surface area contributed by atoms with Crippen LogP contribution in [0.1, 0.15) is 27.2 Å². The molecular formula is C9H20N2O2S. The van der Waals surface area contributed by atoms with Gasteiger partial charge in [-0.25, -0.2) is 12.7 Å². The lowest BCUT2D eigenvalue weighted by Crippen LogP contribution is -2.54. The highest BCUT2D eigenvalue weighted by Crippen LogP contribution is 2.30. The summed E-state index contributed by atoms with van der Waals surface area (Å²) in [6.07, 6.45) is 0.841. The lowest BCUT2D eigenvalue weighted by Gasteiger charge is -2.41. The predicted molar refractivity (Wildman–Crippen MR) is 57.4 cm³/mol. The van der Waals surface area contributed by atoms with Crippen LogP contribution in [0.2, 0.25) is 0 Å². The third-order valence-electron chi connectivity index (χ3n) is 3.17. The maximum Gasteiger partial charge on any atom is 0.213 e. The predicted octanol–water partition coefficient (Wildman–Crippen LogP) is 0.395. The second-order valence-corrected chi connectivity index (χ2v) is 6.86. The molecule has 0 bridgehead atoms. The van der Waals surface area contributed by atoms with E-state index in [2.05, 4.69) is 13.8 Å². The first kappa shape index (κ1) is 11.9. The summed E-state index contributed by atoms with van der Waals surface area (Å²) in [5, 5.41) is 0. The lowest BCUT2D eigenvalue weighted by molar-refractivity contribution is 0.161. The number of hydrogen-bond acceptors (Lipinski definition) is 3. The molecule has 14 heavy (non-hydrogen) atoms. The minimum absolute atomic E-state index is 0.0553. The number of sulfonamides is 1. The van der Waals surface area contributed by atoms with Crippen LogP contribution >= 0.6 is 0 Å². The number of nitrogens with zero attached hydrogens (tertiary/aromatic N) is 1. The number of hydrogen-bond donors (Lipinski definition) is 1. The van der Waals surface area contributed by atoms with E-state index in [-0.39, 0.29) is 17.2 Å². The Morgan fingerprint density at radius 2 is 2.07 bits per heavy atom. The topological polar surface area (TPSA) is 63.4 Å². The summed E-state index contributed by atoms with van der Waals surface area (Å²) in [7, 11) is -3.05. The van der Waals surface area contributed by atoms with E-state index in [4.69, 9.17) is 5.73 Å². The lowest BCUT2D eigenvalue weighted by atomic mass is 9.79. The van der Waals surface area contributed by atoms with Gasteiger partial charge in [0.05, 0.1) is 5.75 Å². The Morgan fingerprint density at radius 3 is 2.50 bits per heavy atom. The Kier molecular flexibility index (Phi) is 3.23. The highest BCUT2D eigenvalue weighted by atomic mass is 32.2. The van der Waals surface area contributed by atoms with Gasteiger partial charge in [-0.3, -0.25) is 0 Å². The van der Waals surface area contributed by atoms with E-state index in [1.807, 2.05) is 0 Å². The molecule has 4 nitrogen and oxygen atoms in total. The van der Waals surface area contributed by atoms with Crippen molar-refractivity contribution in [2.24, 2.45) is 11.1 Å². The molecule has 1 unspecified atom stereocenters. The fourth-order valence-corrected chi connectivity index (χ4v) is 2.71. The Bertz CT molecular complexity index is 298. The van der Waals surface area contributed by atoms with Crippen molar-refractivity contribution in [1.29, 1.82) is 0 Å². The molecule has 1 heterocycles. The van der Waals surface area contributed by atoms with Crippen molar-refractivity contribution in [3.8, 4) is 0 Å². The molecule has 1 atom stereocenters. The first-order chi connectivity index (χ1) is 6.29. The van der Waals surface area contributed by atoms with Crippen molar-refractivity contribution >= 4 is 10.0 Å². The summed E-state index contributed by atoms with van der Waals surface area (Å²) in [4.78, 5) is 0. The fourth-order valence-electron chi connectivity index (χ4n) is 1.59. The first-order valence-corrected chi connectivity index (χ1v) is 6.64. The third kappa shape index (κ3) is 2.27. The average molecular weight is 220 g/mol. The number of piperidine rings is 1. The molecule has 1 saturated heterocycles. The van der Waals surface area contributed by atoms with E-state index < -0.39 is 10.0 Å².